The zero-order valence-electron chi connectivity index (χ0n) is 12.0. The van der Waals surface area contributed by atoms with Crippen LogP contribution in [0.15, 0.2) is 24.3 Å². The van der Waals surface area contributed by atoms with Crippen molar-refractivity contribution in [3.63, 3.8) is 0 Å². The van der Waals surface area contributed by atoms with Crippen molar-refractivity contribution in [2.75, 3.05) is 37.5 Å². The summed E-state index contributed by atoms with van der Waals surface area (Å²) in [6.45, 7) is 1.61. The van der Waals surface area contributed by atoms with E-state index in [2.05, 4.69) is 21.4 Å². The summed E-state index contributed by atoms with van der Waals surface area (Å²) in [5, 5.41) is 4.58. The van der Waals surface area contributed by atoms with Gasteiger partial charge in [0.05, 0.1) is 18.2 Å². The van der Waals surface area contributed by atoms with Crippen LogP contribution in [-0.2, 0) is 4.74 Å². The maximum atomic E-state index is 5.53. The fourth-order valence-corrected chi connectivity index (χ4v) is 2.42. The highest BCUT2D eigenvalue weighted by molar-refractivity contribution is 5.90. The van der Waals surface area contributed by atoms with Crippen molar-refractivity contribution < 1.29 is 4.74 Å². The van der Waals surface area contributed by atoms with Gasteiger partial charge in [-0.3, -0.25) is 0 Å². The monoisotopic (exact) mass is 272 g/mol. The van der Waals surface area contributed by atoms with E-state index in [0.717, 1.165) is 48.7 Å². The lowest BCUT2D eigenvalue weighted by Crippen LogP contribution is -2.30. The molecule has 0 bridgehead atoms. The summed E-state index contributed by atoms with van der Waals surface area (Å²) in [4.78, 5) is 11.1. The van der Waals surface area contributed by atoms with Crippen molar-refractivity contribution in [2.24, 2.45) is 0 Å². The summed E-state index contributed by atoms with van der Waals surface area (Å²) >= 11 is 0. The molecule has 1 saturated heterocycles. The topological polar surface area (TPSA) is 50.3 Å². The van der Waals surface area contributed by atoms with Crippen LogP contribution in [0.5, 0.6) is 0 Å². The minimum Gasteiger partial charge on any atom is -0.379 e. The van der Waals surface area contributed by atoms with Gasteiger partial charge >= 0.3 is 0 Å². The fraction of sp³-hybridized carbons (Fsp3) is 0.467. The smallest absolute Gasteiger partial charge is 0.227 e. The third-order valence-electron chi connectivity index (χ3n) is 3.49. The average Bonchev–Trinajstić information content (AvgIpc) is 2.48. The lowest BCUT2D eigenvalue weighted by Gasteiger charge is -2.24. The molecule has 1 aromatic carbocycles. The van der Waals surface area contributed by atoms with Crippen LogP contribution >= 0.6 is 0 Å². The highest BCUT2D eigenvalue weighted by atomic mass is 16.5. The van der Waals surface area contributed by atoms with Crippen LogP contribution in [0.2, 0.25) is 0 Å². The summed E-state index contributed by atoms with van der Waals surface area (Å²) in [7, 11) is 3.91. The lowest BCUT2D eigenvalue weighted by molar-refractivity contribution is 0.0875. The van der Waals surface area contributed by atoms with Crippen LogP contribution in [-0.4, -0.2) is 43.3 Å². The van der Waals surface area contributed by atoms with Crippen molar-refractivity contribution in [1.29, 1.82) is 0 Å². The number of fused-ring (bicyclic) bond motifs is 1. The van der Waals surface area contributed by atoms with Gasteiger partial charge in [0.1, 0.15) is 5.82 Å². The van der Waals surface area contributed by atoms with Gasteiger partial charge in [0.25, 0.3) is 0 Å². The Morgan fingerprint density at radius 2 is 2.10 bits per heavy atom. The molecule has 0 spiro atoms. The predicted molar refractivity (Wildman–Crippen MR) is 81.3 cm³/mol. The van der Waals surface area contributed by atoms with Gasteiger partial charge in [-0.2, -0.15) is 4.98 Å². The van der Waals surface area contributed by atoms with E-state index >= 15 is 0 Å². The predicted octanol–water partition coefficient (Wildman–Crippen LogP) is 2.29. The lowest BCUT2D eigenvalue weighted by atomic mass is 10.1. The van der Waals surface area contributed by atoms with E-state index in [1.165, 1.54) is 0 Å². The highest BCUT2D eigenvalue weighted by Crippen LogP contribution is 2.24. The maximum Gasteiger partial charge on any atom is 0.227 e. The zero-order chi connectivity index (χ0) is 13.9. The zero-order valence-corrected chi connectivity index (χ0v) is 12.0. The Balaban J connectivity index is 1.98. The molecule has 0 amide bonds. The van der Waals surface area contributed by atoms with Crippen LogP contribution in [0.3, 0.4) is 0 Å². The number of hydrogen-bond acceptors (Lipinski definition) is 5. The van der Waals surface area contributed by atoms with Crippen molar-refractivity contribution >= 4 is 22.7 Å². The number of ether oxygens (including phenoxy) is 1. The molecule has 1 aliphatic heterocycles. The summed E-state index contributed by atoms with van der Waals surface area (Å²) in [5.74, 6) is 1.62. The molecule has 1 unspecified atom stereocenters. The molecule has 0 aliphatic carbocycles. The molecule has 1 fully saturated rings. The minimum atomic E-state index is 0.331. The second-order valence-corrected chi connectivity index (χ2v) is 5.34. The van der Waals surface area contributed by atoms with Crippen molar-refractivity contribution in [1.82, 2.24) is 9.97 Å². The standard InChI is InChI=1S/C15H20N4O/c1-19(2)15-17-13-8-4-3-7-12(13)14(18-15)16-11-6-5-9-20-10-11/h3-4,7-8,11H,5-6,9-10H2,1-2H3,(H,16,17,18). The Bertz CT molecular complexity index is 593. The minimum absolute atomic E-state index is 0.331. The molecular weight excluding hydrogens is 252 g/mol. The molecule has 1 aromatic heterocycles. The van der Waals surface area contributed by atoms with Gasteiger partial charge in [-0.1, -0.05) is 12.1 Å². The Morgan fingerprint density at radius 1 is 1.25 bits per heavy atom. The number of nitrogens with one attached hydrogen (secondary N) is 1. The van der Waals surface area contributed by atoms with E-state index in [-0.39, 0.29) is 0 Å². The molecule has 20 heavy (non-hydrogen) atoms. The first kappa shape index (κ1) is 13.1. The second kappa shape index (κ2) is 5.63. The van der Waals surface area contributed by atoms with E-state index in [1.54, 1.807) is 0 Å². The van der Waals surface area contributed by atoms with Crippen LogP contribution in [0.1, 0.15) is 12.8 Å². The first-order chi connectivity index (χ1) is 9.74. The largest absolute Gasteiger partial charge is 0.379 e. The number of nitrogens with zero attached hydrogens (tertiary/aromatic N) is 3. The third kappa shape index (κ3) is 2.67. The normalized spacial score (nSPS) is 19.0. The van der Waals surface area contributed by atoms with Crippen molar-refractivity contribution in [3.8, 4) is 0 Å². The van der Waals surface area contributed by atoms with Crippen LogP contribution in [0.4, 0.5) is 11.8 Å². The molecule has 0 radical (unpaired) electrons. The molecule has 5 nitrogen and oxygen atoms in total. The Labute approximate surface area is 119 Å². The molecule has 1 N–H and O–H groups in total. The van der Waals surface area contributed by atoms with Gasteiger partial charge in [-0.15, -0.1) is 0 Å². The molecule has 5 heteroatoms. The molecule has 2 heterocycles. The summed E-state index contributed by atoms with van der Waals surface area (Å²) < 4.78 is 5.53. The van der Waals surface area contributed by atoms with Crippen LogP contribution in [0, 0.1) is 0 Å². The van der Waals surface area contributed by atoms with Crippen molar-refractivity contribution in [2.45, 2.75) is 18.9 Å². The number of benzene rings is 1. The first-order valence-electron chi connectivity index (χ1n) is 7.02. The number of hydrogen-bond donors (Lipinski definition) is 1. The second-order valence-electron chi connectivity index (χ2n) is 5.34. The summed E-state index contributed by atoms with van der Waals surface area (Å²) in [6, 6.07) is 8.43. The van der Waals surface area contributed by atoms with E-state index in [9.17, 15) is 0 Å². The van der Waals surface area contributed by atoms with E-state index in [4.69, 9.17) is 4.74 Å². The van der Waals surface area contributed by atoms with Crippen LogP contribution < -0.4 is 10.2 Å². The Morgan fingerprint density at radius 3 is 2.85 bits per heavy atom. The number of para-hydroxylation sites is 1. The average molecular weight is 272 g/mol. The van der Waals surface area contributed by atoms with Crippen LogP contribution in [0.25, 0.3) is 10.9 Å². The highest BCUT2D eigenvalue weighted by Gasteiger charge is 2.16. The Hall–Kier alpha value is -1.88. The van der Waals surface area contributed by atoms with E-state index in [0.29, 0.717) is 6.04 Å². The number of aromatic nitrogens is 2. The Kier molecular flexibility index (Phi) is 3.69. The van der Waals surface area contributed by atoms with Gasteiger partial charge in [0.15, 0.2) is 0 Å². The summed E-state index contributed by atoms with van der Waals surface area (Å²) in [5.41, 5.74) is 0.963. The number of anilines is 2. The van der Waals surface area contributed by atoms with Gasteiger partial charge in [0, 0.05) is 26.1 Å². The van der Waals surface area contributed by atoms with E-state index < -0.39 is 0 Å². The maximum absolute atomic E-state index is 5.53. The first-order valence-corrected chi connectivity index (χ1v) is 7.02. The van der Waals surface area contributed by atoms with Gasteiger partial charge in [-0.05, 0) is 25.0 Å². The molecule has 106 valence electrons. The van der Waals surface area contributed by atoms with Gasteiger partial charge < -0.3 is 15.0 Å². The van der Waals surface area contributed by atoms with Crippen molar-refractivity contribution in [3.05, 3.63) is 24.3 Å². The molecule has 0 saturated carbocycles. The quantitative estimate of drug-likeness (QED) is 0.929. The molecule has 1 atom stereocenters. The molecule has 3 rings (SSSR count). The van der Waals surface area contributed by atoms with Gasteiger partial charge in [-0.25, -0.2) is 4.98 Å². The third-order valence-corrected chi connectivity index (χ3v) is 3.49. The summed E-state index contributed by atoms with van der Waals surface area (Å²) in [6.07, 6.45) is 2.22. The van der Waals surface area contributed by atoms with E-state index in [1.807, 2.05) is 37.2 Å². The molecule has 1 aliphatic rings. The number of rotatable bonds is 3. The molecule has 2 aromatic rings. The van der Waals surface area contributed by atoms with Gasteiger partial charge in [0.2, 0.25) is 5.95 Å². The fourth-order valence-electron chi connectivity index (χ4n) is 2.42. The molecular formula is C15H20N4O. The SMILES string of the molecule is CN(C)c1nc(NC2CCCOC2)c2ccccc2n1.